The zero-order valence-corrected chi connectivity index (χ0v) is 17.0. The molecule has 0 saturated heterocycles. The third-order valence-corrected chi connectivity index (χ3v) is 0. The van der Waals surface area contributed by atoms with Gasteiger partial charge >= 0.3 is 21.7 Å². The van der Waals surface area contributed by atoms with E-state index in [0.29, 0.717) is 0 Å². The van der Waals surface area contributed by atoms with E-state index in [9.17, 15) is 25.5 Å². The number of hydrogen-bond acceptors (Lipinski definition) is 5. The predicted octanol–water partition coefficient (Wildman–Crippen LogP) is -1.23. The maximum atomic E-state index is 9.53. The van der Waals surface area contributed by atoms with Gasteiger partial charge in [-0.15, -0.1) is 30.5 Å². The smallest absolute Gasteiger partial charge is 0.852 e. The van der Waals surface area contributed by atoms with Gasteiger partial charge in [0.1, 0.15) is 0 Å². The number of rotatable bonds is 0. The molecule has 0 radical (unpaired) electrons. The van der Waals surface area contributed by atoms with E-state index in [2.05, 4.69) is 0 Å². The second-order valence-electron chi connectivity index (χ2n) is 5.24. The molecular formula is C15H35O5Ti. The molecule has 0 aliphatic carbocycles. The minimum absolute atomic E-state index is 0. The molecule has 6 heteroatoms. The van der Waals surface area contributed by atoms with E-state index >= 15 is 0 Å². The van der Waals surface area contributed by atoms with Crippen LogP contribution in [-0.2, 0) is 21.7 Å². The Hall–Kier alpha value is 0.514. The molecular weight excluding hydrogens is 308 g/mol. The van der Waals surface area contributed by atoms with Crippen LogP contribution in [0, 0.1) is 0 Å². The van der Waals surface area contributed by atoms with Gasteiger partial charge < -0.3 is 25.5 Å². The Labute approximate surface area is 147 Å². The summed E-state index contributed by atoms with van der Waals surface area (Å²) in [5.74, 6) is 0. The van der Waals surface area contributed by atoms with Crippen molar-refractivity contribution in [2.24, 2.45) is 0 Å². The second kappa shape index (κ2) is 32.5. The molecule has 0 fully saturated rings. The average molecular weight is 343 g/mol. The number of hydrogen-bond donors (Lipinski definition) is 0. The average Bonchev–Trinajstić information content (AvgIpc) is 1.94. The first kappa shape index (κ1) is 37.6. The molecule has 0 unspecified atom stereocenters. The van der Waals surface area contributed by atoms with Gasteiger partial charge in [0.25, 0.3) is 0 Å². The Bertz CT molecular complexity index is 80.6. The van der Waals surface area contributed by atoms with Crippen molar-refractivity contribution in [2.45, 2.75) is 99.8 Å². The second-order valence-corrected chi connectivity index (χ2v) is 5.24. The van der Waals surface area contributed by atoms with Crippen molar-refractivity contribution in [3.8, 4) is 0 Å². The van der Waals surface area contributed by atoms with Crippen LogP contribution in [0.15, 0.2) is 0 Å². The Morgan fingerprint density at radius 1 is 0.333 bits per heavy atom. The van der Waals surface area contributed by atoms with E-state index in [-0.39, 0.29) is 21.7 Å². The van der Waals surface area contributed by atoms with Crippen molar-refractivity contribution in [3.05, 3.63) is 0 Å². The molecule has 0 spiro atoms. The SMILES string of the molecule is CC(C)[O-].CC(C)[O-].CC(C)[O-].CC(C)[O-].CC(C)[O-].[Ti+5]. The monoisotopic (exact) mass is 343 g/mol. The summed E-state index contributed by atoms with van der Waals surface area (Å²) in [5.41, 5.74) is 0. The molecule has 0 saturated carbocycles. The fraction of sp³-hybridized carbons (Fsp3) is 1.00. The van der Waals surface area contributed by atoms with Crippen LogP contribution in [-0.4, -0.2) is 30.5 Å². The predicted molar refractivity (Wildman–Crippen MR) is 75.7 cm³/mol. The van der Waals surface area contributed by atoms with Crippen molar-refractivity contribution in [3.63, 3.8) is 0 Å². The van der Waals surface area contributed by atoms with Crippen molar-refractivity contribution in [2.75, 3.05) is 0 Å². The van der Waals surface area contributed by atoms with Gasteiger partial charge in [0.05, 0.1) is 0 Å². The quantitative estimate of drug-likeness (QED) is 0.511. The molecule has 0 amide bonds. The van der Waals surface area contributed by atoms with E-state index in [1.54, 1.807) is 69.2 Å². The summed E-state index contributed by atoms with van der Waals surface area (Å²) in [6.45, 7) is 16.1. The molecule has 0 aromatic rings. The zero-order chi connectivity index (χ0) is 17.9. The fourth-order valence-corrected chi connectivity index (χ4v) is 0. The summed E-state index contributed by atoms with van der Waals surface area (Å²) in [6.07, 6.45) is -2.08. The summed E-state index contributed by atoms with van der Waals surface area (Å²) in [5, 5.41) is 47.6. The Balaban J connectivity index is -0.0000000331. The topological polar surface area (TPSA) is 115 Å². The van der Waals surface area contributed by atoms with Crippen molar-refractivity contribution >= 4 is 0 Å². The maximum absolute atomic E-state index is 9.53. The molecule has 0 heterocycles. The van der Waals surface area contributed by atoms with Crippen LogP contribution >= 0.6 is 0 Å². The van der Waals surface area contributed by atoms with E-state index in [0.717, 1.165) is 0 Å². The first-order valence-corrected chi connectivity index (χ1v) is 6.95. The van der Waals surface area contributed by atoms with Crippen LogP contribution in [0.5, 0.6) is 0 Å². The van der Waals surface area contributed by atoms with Crippen LogP contribution in [0.1, 0.15) is 69.2 Å². The van der Waals surface area contributed by atoms with Gasteiger partial charge in [-0.1, -0.05) is 69.2 Å². The van der Waals surface area contributed by atoms with Gasteiger partial charge in [-0.05, 0) is 0 Å². The van der Waals surface area contributed by atoms with Crippen LogP contribution in [0.4, 0.5) is 0 Å². The first-order valence-electron chi connectivity index (χ1n) is 6.95. The molecule has 0 aromatic heterocycles. The normalized spacial score (nSPS) is 8.57. The summed E-state index contributed by atoms with van der Waals surface area (Å²) < 4.78 is 0. The Kier molecular flexibility index (Phi) is 58.1. The van der Waals surface area contributed by atoms with Gasteiger partial charge in [0, 0.05) is 0 Å². The van der Waals surface area contributed by atoms with Crippen molar-refractivity contribution < 1.29 is 47.3 Å². The van der Waals surface area contributed by atoms with Crippen LogP contribution < -0.4 is 25.5 Å². The molecule has 0 aromatic carbocycles. The minimum Gasteiger partial charge on any atom is -0.852 e. The van der Waals surface area contributed by atoms with Gasteiger partial charge in [-0.2, -0.15) is 0 Å². The first-order chi connectivity index (χ1) is 8.66. The summed E-state index contributed by atoms with van der Waals surface area (Å²) in [4.78, 5) is 0. The Morgan fingerprint density at radius 2 is 0.333 bits per heavy atom. The largest absolute Gasteiger partial charge is 5.00 e. The van der Waals surface area contributed by atoms with E-state index in [1.807, 2.05) is 0 Å². The minimum atomic E-state index is -0.417. The summed E-state index contributed by atoms with van der Waals surface area (Å²) >= 11 is 0. The molecule has 0 aliphatic rings. The van der Waals surface area contributed by atoms with Crippen molar-refractivity contribution in [1.29, 1.82) is 0 Å². The zero-order valence-electron chi connectivity index (χ0n) is 15.4. The summed E-state index contributed by atoms with van der Waals surface area (Å²) in [7, 11) is 0. The third kappa shape index (κ3) is 26600. The van der Waals surface area contributed by atoms with Gasteiger partial charge in [0.2, 0.25) is 0 Å². The molecule has 0 atom stereocenters. The van der Waals surface area contributed by atoms with Gasteiger partial charge in [-0.3, -0.25) is 0 Å². The molecule has 21 heavy (non-hydrogen) atoms. The third-order valence-electron chi connectivity index (χ3n) is 0. The molecule has 0 N–H and O–H groups in total. The van der Waals surface area contributed by atoms with Crippen LogP contribution in [0.2, 0.25) is 0 Å². The molecule has 0 bridgehead atoms. The van der Waals surface area contributed by atoms with Gasteiger partial charge in [-0.25, -0.2) is 0 Å². The van der Waals surface area contributed by atoms with E-state index < -0.39 is 30.5 Å². The molecule has 0 rings (SSSR count). The summed E-state index contributed by atoms with van der Waals surface area (Å²) in [6, 6.07) is 0. The molecule has 129 valence electrons. The van der Waals surface area contributed by atoms with E-state index in [1.165, 1.54) is 0 Å². The van der Waals surface area contributed by atoms with Crippen LogP contribution in [0.3, 0.4) is 0 Å². The van der Waals surface area contributed by atoms with Crippen molar-refractivity contribution in [1.82, 2.24) is 0 Å². The standard InChI is InChI=1S/5C3H7O.Ti/c5*1-3(2)4;/h5*3H,1-2H3;/q5*-1;+5. The molecule has 0 aliphatic heterocycles. The Morgan fingerprint density at radius 3 is 0.333 bits per heavy atom. The fourth-order valence-electron chi connectivity index (χ4n) is 0. The maximum Gasteiger partial charge on any atom is 5.00 e. The van der Waals surface area contributed by atoms with Gasteiger partial charge in [0.15, 0.2) is 0 Å². The van der Waals surface area contributed by atoms with E-state index in [4.69, 9.17) is 0 Å². The molecule has 5 nitrogen and oxygen atoms in total. The van der Waals surface area contributed by atoms with Crippen LogP contribution in [0.25, 0.3) is 0 Å².